The molecule has 120 valence electrons. The van der Waals surface area contributed by atoms with Gasteiger partial charge in [-0.2, -0.15) is 0 Å². The quantitative estimate of drug-likeness (QED) is 0.459. The van der Waals surface area contributed by atoms with Gasteiger partial charge in [0.2, 0.25) is 0 Å². The lowest BCUT2D eigenvalue weighted by atomic mass is 10.1. The Morgan fingerprint density at radius 2 is 1.91 bits per heavy atom. The monoisotopic (exact) mass is 307 g/mol. The van der Waals surface area contributed by atoms with Gasteiger partial charge in [-0.05, 0) is 32.9 Å². The van der Waals surface area contributed by atoms with E-state index in [9.17, 15) is 10.1 Å². The van der Waals surface area contributed by atoms with Crippen molar-refractivity contribution in [3.63, 3.8) is 0 Å². The van der Waals surface area contributed by atoms with Crippen LogP contribution < -0.4 is 9.47 Å². The summed E-state index contributed by atoms with van der Waals surface area (Å²) in [6.07, 6.45) is 2.53. The first-order chi connectivity index (χ1) is 10.3. The second-order valence-electron chi connectivity index (χ2n) is 5.54. The van der Waals surface area contributed by atoms with Crippen LogP contribution in [0.2, 0.25) is 0 Å². The second kappa shape index (κ2) is 7.53. The van der Waals surface area contributed by atoms with E-state index in [0.717, 1.165) is 0 Å². The molecule has 0 N–H and O–H groups in total. The van der Waals surface area contributed by atoms with Crippen molar-refractivity contribution in [3.8, 4) is 11.5 Å². The first kappa shape index (κ1) is 17.6. The summed E-state index contributed by atoms with van der Waals surface area (Å²) in [5.74, 6) is 1.10. The number of benzene rings is 1. The summed E-state index contributed by atoms with van der Waals surface area (Å²) >= 11 is 0. The minimum atomic E-state index is -1.09. The van der Waals surface area contributed by atoms with Crippen LogP contribution >= 0.6 is 0 Å². The summed E-state index contributed by atoms with van der Waals surface area (Å²) in [4.78, 5) is 18.9. The molecule has 1 aromatic rings. The highest BCUT2D eigenvalue weighted by molar-refractivity contribution is 5.88. The lowest BCUT2D eigenvalue weighted by Crippen LogP contribution is -2.24. The second-order valence-corrected chi connectivity index (χ2v) is 5.54. The van der Waals surface area contributed by atoms with Crippen molar-refractivity contribution in [3.05, 3.63) is 28.3 Å². The number of aliphatic imine (C=N–C) groups is 2. The van der Waals surface area contributed by atoms with Crippen LogP contribution in [0.4, 0.5) is 5.69 Å². The van der Waals surface area contributed by atoms with E-state index < -0.39 is 11.0 Å². The van der Waals surface area contributed by atoms with Gasteiger partial charge in [-0.15, -0.1) is 0 Å². The normalized spacial score (nSPS) is 13.5. The zero-order chi connectivity index (χ0) is 16.8. The number of nitrogens with zero attached hydrogens (tertiary/aromatic N) is 3. The first-order valence-corrected chi connectivity index (χ1v) is 6.72. The summed E-state index contributed by atoms with van der Waals surface area (Å²) in [6, 6.07) is 3.95. The van der Waals surface area contributed by atoms with Crippen molar-refractivity contribution >= 4 is 18.1 Å². The van der Waals surface area contributed by atoms with E-state index in [2.05, 4.69) is 9.98 Å². The maximum absolute atomic E-state index is 11.1. The summed E-state index contributed by atoms with van der Waals surface area (Å²) in [6.45, 7) is 5.60. The fourth-order valence-electron chi connectivity index (χ4n) is 1.50. The van der Waals surface area contributed by atoms with Gasteiger partial charge in [-0.3, -0.25) is 15.1 Å². The van der Waals surface area contributed by atoms with Gasteiger partial charge in [-0.25, -0.2) is 4.99 Å². The molecule has 0 radical (unpaired) electrons. The smallest absolute Gasteiger partial charge is 0.282 e. The van der Waals surface area contributed by atoms with E-state index in [1.54, 1.807) is 25.3 Å². The largest absolute Gasteiger partial charge is 0.497 e. The van der Waals surface area contributed by atoms with Gasteiger partial charge in [0.05, 0.1) is 32.2 Å². The van der Waals surface area contributed by atoms with Crippen LogP contribution in [0.1, 0.15) is 20.8 Å². The number of methoxy groups -OCH3 is 2. The molecular formula is C15H21N3O4. The van der Waals surface area contributed by atoms with Crippen LogP contribution in [0.25, 0.3) is 0 Å². The molecule has 0 amide bonds. The lowest BCUT2D eigenvalue weighted by molar-refractivity contribution is -0.482. The molecule has 0 saturated heterocycles. The highest BCUT2D eigenvalue weighted by atomic mass is 16.6. The van der Waals surface area contributed by atoms with Crippen LogP contribution in [0, 0.1) is 10.1 Å². The predicted octanol–water partition coefficient (Wildman–Crippen LogP) is 2.92. The molecule has 1 aromatic carbocycles. The van der Waals surface area contributed by atoms with Gasteiger partial charge in [0.25, 0.3) is 6.04 Å². The van der Waals surface area contributed by atoms with Crippen molar-refractivity contribution in [1.29, 1.82) is 0 Å². The molecule has 7 heteroatoms. The van der Waals surface area contributed by atoms with E-state index in [0.29, 0.717) is 17.2 Å². The number of hydrogen-bond acceptors (Lipinski definition) is 6. The number of nitro groups is 1. The molecule has 0 aliphatic heterocycles. The topological polar surface area (TPSA) is 86.3 Å². The number of rotatable bonds is 6. The van der Waals surface area contributed by atoms with E-state index in [-0.39, 0.29) is 5.54 Å². The van der Waals surface area contributed by atoms with Gasteiger partial charge in [0.15, 0.2) is 0 Å². The zero-order valence-corrected chi connectivity index (χ0v) is 13.4. The Morgan fingerprint density at radius 3 is 2.41 bits per heavy atom. The Morgan fingerprint density at radius 1 is 1.23 bits per heavy atom. The average Bonchev–Trinajstić information content (AvgIpc) is 2.45. The van der Waals surface area contributed by atoms with Crippen molar-refractivity contribution in [1.82, 2.24) is 0 Å². The van der Waals surface area contributed by atoms with Crippen LogP contribution in [-0.4, -0.2) is 43.2 Å². The maximum Gasteiger partial charge on any atom is 0.282 e. The fourth-order valence-corrected chi connectivity index (χ4v) is 1.50. The predicted molar refractivity (Wildman–Crippen MR) is 86.7 cm³/mol. The van der Waals surface area contributed by atoms with Crippen LogP contribution in [0.15, 0.2) is 28.2 Å². The minimum absolute atomic E-state index is 0.375. The molecular weight excluding hydrogens is 286 g/mol. The molecule has 1 unspecified atom stereocenters. The third-order valence-corrected chi connectivity index (χ3v) is 2.61. The highest BCUT2D eigenvalue weighted by Crippen LogP contribution is 2.31. The van der Waals surface area contributed by atoms with Gasteiger partial charge < -0.3 is 9.47 Å². The van der Waals surface area contributed by atoms with E-state index in [1.165, 1.54) is 19.5 Å². The molecule has 0 saturated carbocycles. The van der Waals surface area contributed by atoms with Gasteiger partial charge in [-0.1, -0.05) is 0 Å². The maximum atomic E-state index is 11.1. The van der Waals surface area contributed by atoms with E-state index >= 15 is 0 Å². The van der Waals surface area contributed by atoms with Crippen LogP contribution in [0.3, 0.4) is 0 Å². The highest BCUT2D eigenvalue weighted by Gasteiger charge is 2.16. The Kier molecular flexibility index (Phi) is 6.03. The zero-order valence-electron chi connectivity index (χ0n) is 13.4. The summed E-state index contributed by atoms with van der Waals surface area (Å²) < 4.78 is 10.3. The lowest BCUT2D eigenvalue weighted by Gasteiger charge is -2.11. The van der Waals surface area contributed by atoms with Gasteiger partial charge in [0.1, 0.15) is 17.2 Å². The molecule has 0 spiro atoms. The fraction of sp³-hybridized carbons (Fsp3) is 0.467. The molecule has 1 rings (SSSR count). The molecule has 0 fully saturated rings. The first-order valence-electron chi connectivity index (χ1n) is 6.72. The SMILES string of the molecule is COc1ccc(N=CC(C=NC(C)(C)C)[N+](=O)[O-])c(OC)c1. The molecule has 7 nitrogen and oxygen atoms in total. The van der Waals surface area contributed by atoms with E-state index in [1.807, 2.05) is 20.8 Å². The Bertz CT molecular complexity index is 577. The average molecular weight is 307 g/mol. The van der Waals surface area contributed by atoms with Crippen molar-refractivity contribution < 1.29 is 14.4 Å². The Hall–Kier alpha value is -2.44. The number of hydrogen-bond donors (Lipinski definition) is 0. The minimum Gasteiger partial charge on any atom is -0.497 e. The molecule has 0 heterocycles. The standard InChI is InChI=1S/C15H21N3O4/c1-15(2,3)17-10-11(18(19)20)9-16-13-7-6-12(21-4)8-14(13)22-5/h6-11H,1-5H3. The molecule has 0 aliphatic carbocycles. The van der Waals surface area contributed by atoms with Crippen LogP contribution in [-0.2, 0) is 0 Å². The molecule has 22 heavy (non-hydrogen) atoms. The summed E-state index contributed by atoms with van der Waals surface area (Å²) in [5.41, 5.74) is 0.110. The Balaban J connectivity index is 3.01. The van der Waals surface area contributed by atoms with Crippen molar-refractivity contribution in [2.75, 3.05) is 14.2 Å². The number of ether oxygens (including phenoxy) is 2. The Labute approximate surface area is 129 Å². The molecule has 0 bridgehead atoms. The summed E-state index contributed by atoms with van der Waals surface area (Å²) in [7, 11) is 3.04. The molecule has 0 aromatic heterocycles. The molecule has 0 aliphatic rings. The van der Waals surface area contributed by atoms with Gasteiger partial charge >= 0.3 is 0 Å². The molecule has 1 atom stereocenters. The van der Waals surface area contributed by atoms with Crippen molar-refractivity contribution in [2.24, 2.45) is 9.98 Å². The third kappa shape index (κ3) is 5.51. The summed E-state index contributed by atoms with van der Waals surface area (Å²) in [5, 5.41) is 11.1. The van der Waals surface area contributed by atoms with Crippen LogP contribution in [0.5, 0.6) is 11.5 Å². The van der Waals surface area contributed by atoms with Gasteiger partial charge in [0, 0.05) is 11.0 Å². The van der Waals surface area contributed by atoms with Crippen molar-refractivity contribution in [2.45, 2.75) is 32.4 Å². The third-order valence-electron chi connectivity index (χ3n) is 2.61. The van der Waals surface area contributed by atoms with E-state index in [4.69, 9.17) is 9.47 Å².